The molecule has 59 heavy (non-hydrogen) atoms. The zero-order valence-corrected chi connectivity index (χ0v) is 36.9. The summed E-state index contributed by atoms with van der Waals surface area (Å²) in [6, 6.07) is 12.7. The van der Waals surface area contributed by atoms with Gasteiger partial charge in [0.05, 0.1) is 19.2 Å². The highest BCUT2D eigenvalue weighted by molar-refractivity contribution is 6.09. The van der Waals surface area contributed by atoms with E-state index in [1.807, 2.05) is 40.7 Å². The molecular formula is C47H67N5O7. The van der Waals surface area contributed by atoms with E-state index in [4.69, 9.17) is 4.74 Å². The van der Waals surface area contributed by atoms with Gasteiger partial charge in [0.1, 0.15) is 18.1 Å². The Kier molecular flexibility index (Phi) is 16.6. The number of amides is 4. The van der Waals surface area contributed by atoms with E-state index < -0.39 is 41.5 Å². The van der Waals surface area contributed by atoms with Crippen LogP contribution in [0.1, 0.15) is 115 Å². The number of hydrogen-bond acceptors (Lipinski definition) is 8. The molecule has 0 aliphatic carbocycles. The number of likely N-dealkylation sites (N-methyl/N-ethyl adjacent to an activating group) is 1. The van der Waals surface area contributed by atoms with Crippen molar-refractivity contribution in [1.29, 1.82) is 0 Å². The number of ketones is 1. The van der Waals surface area contributed by atoms with E-state index in [2.05, 4.69) is 29.4 Å². The minimum absolute atomic E-state index is 0.0775. The zero-order chi connectivity index (χ0) is 43.6. The molecule has 0 aromatic heterocycles. The summed E-state index contributed by atoms with van der Waals surface area (Å²) in [6.45, 7) is 17.0. The van der Waals surface area contributed by atoms with Crippen LogP contribution >= 0.6 is 0 Å². The van der Waals surface area contributed by atoms with Gasteiger partial charge in [-0.25, -0.2) is 4.79 Å². The highest BCUT2D eigenvalue weighted by Gasteiger charge is 2.41. The van der Waals surface area contributed by atoms with Gasteiger partial charge in [-0.1, -0.05) is 109 Å². The number of piperidine rings is 1. The van der Waals surface area contributed by atoms with E-state index in [1.165, 1.54) is 12.0 Å². The van der Waals surface area contributed by atoms with Crippen molar-refractivity contribution in [3.63, 3.8) is 0 Å². The Hall–Kier alpha value is -4.84. The second-order valence-corrected chi connectivity index (χ2v) is 17.7. The quantitative estimate of drug-likeness (QED) is 0.124. The number of carbonyl (C=O) groups is 6. The largest absolute Gasteiger partial charge is 0.467 e. The summed E-state index contributed by atoms with van der Waals surface area (Å²) >= 11 is 0. The second-order valence-electron chi connectivity index (χ2n) is 17.7. The average Bonchev–Trinajstić information content (AvgIpc) is 3.73. The summed E-state index contributed by atoms with van der Waals surface area (Å²) in [5.74, 6) is -1.98. The summed E-state index contributed by atoms with van der Waals surface area (Å²) in [7, 11) is 2.97. The van der Waals surface area contributed by atoms with Gasteiger partial charge >= 0.3 is 5.97 Å². The van der Waals surface area contributed by atoms with Crippen LogP contribution in [0.5, 0.6) is 0 Å². The summed E-state index contributed by atoms with van der Waals surface area (Å²) < 4.78 is 5.04. The van der Waals surface area contributed by atoms with Gasteiger partial charge in [-0.05, 0) is 69.4 Å². The molecule has 0 radical (unpaired) electrons. The predicted octanol–water partition coefficient (Wildman–Crippen LogP) is 5.72. The van der Waals surface area contributed by atoms with Crippen LogP contribution < -0.4 is 10.6 Å². The SMILES string of the molecule is CCC(C)N1CCCCC1C(=O)NC(C(=O)N(C)[C@H](/C=C(\C)C(=O)N1CCCC1C(=O)NC(Cc1ccc(C(=O)c2ccccc2)cc1)C(=O)OC)C(C)C)C(C)(C)C. The summed E-state index contributed by atoms with van der Waals surface area (Å²) in [5.41, 5.74) is 1.59. The average molecular weight is 814 g/mol. The summed E-state index contributed by atoms with van der Waals surface area (Å²) in [4.78, 5) is 87.4. The van der Waals surface area contributed by atoms with Crippen molar-refractivity contribution >= 4 is 35.4 Å². The first-order chi connectivity index (χ1) is 27.9. The Labute approximate surface area is 351 Å². The molecule has 322 valence electrons. The van der Waals surface area contributed by atoms with Gasteiger partial charge in [-0.3, -0.25) is 28.9 Å². The van der Waals surface area contributed by atoms with Gasteiger partial charge in [0, 0.05) is 42.8 Å². The standard InChI is InChI=1S/C47H67N5O7/c1-11-32(5)51-26-16-15-20-37(51)43(55)49-41(47(6,7)8)45(57)50(9)39(30(2)3)28-31(4)44(56)52-27-17-21-38(52)42(54)48-36(46(58)59-10)29-33-22-24-35(25-23-33)40(53)34-18-13-12-14-19-34/h12-14,18-19,22-25,28,30,32,36-39,41H,11,15-17,20-21,26-27,29H2,1-10H3,(H,48,54)(H,49,55)/b31-28+/t32?,36?,37?,38?,39-,41?/m1/s1. The number of likely N-dealkylation sites (tertiary alicyclic amines) is 2. The summed E-state index contributed by atoms with van der Waals surface area (Å²) in [6.07, 6.45) is 6.63. The van der Waals surface area contributed by atoms with E-state index >= 15 is 0 Å². The molecule has 0 bridgehead atoms. The van der Waals surface area contributed by atoms with E-state index in [9.17, 15) is 28.8 Å². The molecule has 2 fully saturated rings. The molecule has 2 aliphatic rings. The van der Waals surface area contributed by atoms with Crippen molar-refractivity contribution in [2.24, 2.45) is 11.3 Å². The first-order valence-electron chi connectivity index (χ1n) is 21.3. The van der Waals surface area contributed by atoms with Crippen LogP contribution in [0, 0.1) is 11.3 Å². The van der Waals surface area contributed by atoms with E-state index in [1.54, 1.807) is 73.5 Å². The lowest BCUT2D eigenvalue weighted by Crippen LogP contribution is -2.60. The Balaban J connectivity index is 1.46. The minimum Gasteiger partial charge on any atom is -0.467 e. The summed E-state index contributed by atoms with van der Waals surface area (Å²) in [5, 5.41) is 5.98. The molecule has 0 spiro atoms. The molecule has 6 atom stereocenters. The van der Waals surface area contributed by atoms with Crippen LogP contribution in [-0.4, -0.2) is 114 Å². The second kappa shape index (κ2) is 20.9. The molecule has 2 saturated heterocycles. The molecule has 2 aromatic rings. The third kappa shape index (κ3) is 11.9. The van der Waals surface area contributed by atoms with Crippen molar-refractivity contribution in [1.82, 2.24) is 25.3 Å². The highest BCUT2D eigenvalue weighted by Crippen LogP contribution is 2.27. The fourth-order valence-corrected chi connectivity index (χ4v) is 8.21. The molecule has 2 heterocycles. The maximum atomic E-state index is 14.4. The van der Waals surface area contributed by atoms with Gasteiger partial charge in [-0.2, -0.15) is 0 Å². The van der Waals surface area contributed by atoms with Crippen LogP contribution in [0.4, 0.5) is 0 Å². The topological polar surface area (TPSA) is 145 Å². The number of benzene rings is 2. The number of carbonyl (C=O) groups excluding carboxylic acids is 6. The predicted molar refractivity (Wildman–Crippen MR) is 229 cm³/mol. The van der Waals surface area contributed by atoms with Gasteiger partial charge < -0.3 is 25.2 Å². The van der Waals surface area contributed by atoms with Gasteiger partial charge in [-0.15, -0.1) is 0 Å². The Morgan fingerprint density at radius 2 is 1.46 bits per heavy atom. The molecule has 4 rings (SSSR count). The normalized spacial score (nSPS) is 19.6. The third-order valence-corrected chi connectivity index (χ3v) is 11.9. The van der Waals surface area contributed by atoms with Crippen molar-refractivity contribution in [3.8, 4) is 0 Å². The molecule has 4 amide bonds. The zero-order valence-electron chi connectivity index (χ0n) is 36.9. The van der Waals surface area contributed by atoms with E-state index in [0.717, 1.165) is 37.8 Å². The Morgan fingerprint density at radius 1 is 0.847 bits per heavy atom. The van der Waals surface area contributed by atoms with Crippen LogP contribution in [0.25, 0.3) is 0 Å². The maximum absolute atomic E-state index is 14.4. The molecule has 2 N–H and O–H groups in total. The van der Waals surface area contributed by atoms with Crippen molar-refractivity contribution in [2.75, 3.05) is 27.2 Å². The number of hydrogen-bond donors (Lipinski definition) is 2. The van der Waals surface area contributed by atoms with Crippen molar-refractivity contribution in [3.05, 3.63) is 82.9 Å². The lowest BCUT2D eigenvalue weighted by molar-refractivity contribution is -0.146. The first-order valence-corrected chi connectivity index (χ1v) is 21.3. The molecule has 2 aliphatic heterocycles. The fourth-order valence-electron chi connectivity index (χ4n) is 8.21. The van der Waals surface area contributed by atoms with Gasteiger partial charge in [0.25, 0.3) is 0 Å². The Bertz CT molecular complexity index is 1820. The third-order valence-electron chi connectivity index (χ3n) is 11.9. The fraction of sp³-hybridized carbons (Fsp3) is 0.574. The Morgan fingerprint density at radius 3 is 2.05 bits per heavy atom. The van der Waals surface area contributed by atoms with Crippen LogP contribution in [0.2, 0.25) is 0 Å². The number of nitrogens with zero attached hydrogens (tertiary/aromatic N) is 3. The lowest BCUT2D eigenvalue weighted by Gasteiger charge is -2.41. The molecule has 12 heteroatoms. The minimum atomic E-state index is -1.02. The van der Waals surface area contributed by atoms with E-state index in [-0.39, 0.29) is 47.9 Å². The first kappa shape index (κ1) is 46.8. The van der Waals surface area contributed by atoms with E-state index in [0.29, 0.717) is 36.1 Å². The number of nitrogens with one attached hydrogen (secondary N) is 2. The smallest absolute Gasteiger partial charge is 0.328 e. The maximum Gasteiger partial charge on any atom is 0.328 e. The lowest BCUT2D eigenvalue weighted by atomic mass is 9.84. The number of esters is 1. The molecule has 0 saturated carbocycles. The van der Waals surface area contributed by atoms with Crippen LogP contribution in [-0.2, 0) is 35.1 Å². The molecule has 12 nitrogen and oxygen atoms in total. The van der Waals surface area contributed by atoms with Gasteiger partial charge in [0.15, 0.2) is 5.78 Å². The van der Waals surface area contributed by atoms with Crippen molar-refractivity contribution < 1.29 is 33.5 Å². The van der Waals surface area contributed by atoms with Crippen LogP contribution in [0.15, 0.2) is 66.2 Å². The van der Waals surface area contributed by atoms with Crippen molar-refractivity contribution in [2.45, 2.75) is 137 Å². The monoisotopic (exact) mass is 814 g/mol. The van der Waals surface area contributed by atoms with Crippen LogP contribution in [0.3, 0.4) is 0 Å². The molecular weight excluding hydrogens is 747 g/mol. The highest BCUT2D eigenvalue weighted by atomic mass is 16.5. The number of methoxy groups -OCH3 is 1. The number of ether oxygens (including phenoxy) is 1. The number of rotatable bonds is 16. The molecule has 5 unspecified atom stereocenters. The molecule has 2 aromatic carbocycles. The van der Waals surface area contributed by atoms with Gasteiger partial charge in [0.2, 0.25) is 23.6 Å².